The largest absolute Gasteiger partial charge is 0.380 e. The lowest BCUT2D eigenvalue weighted by Gasteiger charge is -2.08. The third-order valence-electron chi connectivity index (χ3n) is 3.84. The second-order valence-corrected chi connectivity index (χ2v) is 6.05. The van der Waals surface area contributed by atoms with Crippen LogP contribution in [0.1, 0.15) is 32.3 Å². The number of nitrogens with two attached hydrogens (primary N) is 1. The van der Waals surface area contributed by atoms with Crippen molar-refractivity contribution < 1.29 is 4.74 Å². The molecule has 21 heavy (non-hydrogen) atoms. The molecule has 116 valence electrons. The molecule has 1 aromatic carbocycles. The molecule has 0 fully saturated rings. The van der Waals surface area contributed by atoms with Crippen LogP contribution in [-0.2, 0) is 17.7 Å². The summed E-state index contributed by atoms with van der Waals surface area (Å²) in [7, 11) is 0. The second-order valence-electron chi connectivity index (χ2n) is 6.05. The maximum Gasteiger partial charge on any atom is 0.0645 e. The minimum atomic E-state index is 0.709. The fourth-order valence-electron chi connectivity index (χ4n) is 2.58. The summed E-state index contributed by atoms with van der Waals surface area (Å²) in [4.78, 5) is 0. The lowest BCUT2D eigenvalue weighted by atomic mass is 10.1. The van der Waals surface area contributed by atoms with Crippen molar-refractivity contribution in [2.24, 2.45) is 11.7 Å². The first-order chi connectivity index (χ1) is 10.2. The Morgan fingerprint density at radius 3 is 2.76 bits per heavy atom. The van der Waals surface area contributed by atoms with Crippen molar-refractivity contribution in [3.63, 3.8) is 0 Å². The third kappa shape index (κ3) is 4.58. The maximum atomic E-state index is 5.75. The maximum absolute atomic E-state index is 5.75. The minimum absolute atomic E-state index is 0.709. The summed E-state index contributed by atoms with van der Waals surface area (Å²) in [6.45, 7) is 7.76. The van der Waals surface area contributed by atoms with Gasteiger partial charge in [-0.25, -0.2) is 0 Å². The number of benzene rings is 1. The van der Waals surface area contributed by atoms with Gasteiger partial charge in [0.05, 0.1) is 6.61 Å². The molecule has 0 saturated carbocycles. The summed E-state index contributed by atoms with van der Waals surface area (Å²) in [6.07, 6.45) is 5.50. The van der Waals surface area contributed by atoms with Crippen molar-refractivity contribution in [2.75, 3.05) is 19.8 Å². The van der Waals surface area contributed by atoms with E-state index < -0.39 is 0 Å². The van der Waals surface area contributed by atoms with E-state index in [-0.39, 0.29) is 0 Å². The molecule has 2 N–H and O–H groups in total. The van der Waals surface area contributed by atoms with Gasteiger partial charge in [-0.2, -0.15) is 0 Å². The molecular formula is C18H28N2O. The van der Waals surface area contributed by atoms with Crippen molar-refractivity contribution >= 4 is 10.9 Å². The normalized spacial score (nSPS) is 11.6. The highest BCUT2D eigenvalue weighted by molar-refractivity contribution is 5.83. The van der Waals surface area contributed by atoms with Gasteiger partial charge in [0.2, 0.25) is 0 Å². The van der Waals surface area contributed by atoms with E-state index in [1.54, 1.807) is 0 Å². The van der Waals surface area contributed by atoms with E-state index in [4.69, 9.17) is 10.5 Å². The Bertz CT molecular complexity index is 545. The standard InChI is InChI=1S/C18H28N2O/c1-15(2)9-12-21-13-11-20-14-16(6-5-10-19)17-7-3-4-8-18(17)20/h3-4,7-8,14-15H,5-6,9-13,19H2,1-2H3. The van der Waals surface area contributed by atoms with E-state index in [0.29, 0.717) is 5.92 Å². The van der Waals surface area contributed by atoms with Gasteiger partial charge in [-0.1, -0.05) is 32.0 Å². The van der Waals surface area contributed by atoms with Crippen molar-refractivity contribution in [1.82, 2.24) is 4.57 Å². The fourth-order valence-corrected chi connectivity index (χ4v) is 2.58. The van der Waals surface area contributed by atoms with Crippen LogP contribution in [0.15, 0.2) is 30.5 Å². The highest BCUT2D eigenvalue weighted by Crippen LogP contribution is 2.22. The van der Waals surface area contributed by atoms with Gasteiger partial charge >= 0.3 is 0 Å². The molecule has 0 amide bonds. The SMILES string of the molecule is CC(C)CCOCCn1cc(CCCN)c2ccccc21. The smallest absolute Gasteiger partial charge is 0.0645 e. The highest BCUT2D eigenvalue weighted by Gasteiger charge is 2.07. The summed E-state index contributed by atoms with van der Waals surface area (Å²) in [5.74, 6) is 0.709. The van der Waals surface area contributed by atoms with Gasteiger partial charge in [0.1, 0.15) is 0 Å². The number of hydrogen-bond donors (Lipinski definition) is 1. The van der Waals surface area contributed by atoms with E-state index in [9.17, 15) is 0 Å². The molecule has 2 rings (SSSR count). The number of aromatic nitrogens is 1. The van der Waals surface area contributed by atoms with Crippen molar-refractivity contribution in [3.05, 3.63) is 36.0 Å². The van der Waals surface area contributed by atoms with Crippen molar-refractivity contribution in [1.29, 1.82) is 0 Å². The van der Waals surface area contributed by atoms with E-state index in [1.165, 1.54) is 16.5 Å². The number of ether oxygens (including phenoxy) is 1. The molecule has 0 aliphatic heterocycles. The Kier molecular flexibility index (Phi) is 6.27. The fraction of sp³-hybridized carbons (Fsp3) is 0.556. The third-order valence-corrected chi connectivity index (χ3v) is 3.84. The molecule has 0 radical (unpaired) electrons. The Morgan fingerprint density at radius 1 is 1.19 bits per heavy atom. The van der Waals surface area contributed by atoms with E-state index in [1.807, 2.05) is 0 Å². The van der Waals surface area contributed by atoms with E-state index in [2.05, 4.69) is 48.9 Å². The molecule has 0 aliphatic rings. The molecular weight excluding hydrogens is 260 g/mol. The number of para-hydroxylation sites is 1. The van der Waals surface area contributed by atoms with Crippen LogP contribution in [0.2, 0.25) is 0 Å². The molecule has 0 unspecified atom stereocenters. The van der Waals surface area contributed by atoms with Gasteiger partial charge in [0.25, 0.3) is 0 Å². The summed E-state index contributed by atoms with van der Waals surface area (Å²) >= 11 is 0. The van der Waals surface area contributed by atoms with E-state index >= 15 is 0 Å². The molecule has 0 aliphatic carbocycles. The van der Waals surface area contributed by atoms with Crippen LogP contribution in [0.4, 0.5) is 0 Å². The zero-order valence-electron chi connectivity index (χ0n) is 13.3. The van der Waals surface area contributed by atoms with Crippen LogP contribution in [-0.4, -0.2) is 24.3 Å². The predicted octanol–water partition coefficient (Wildman–Crippen LogP) is 3.60. The van der Waals surface area contributed by atoms with Gasteiger partial charge in [0, 0.05) is 30.3 Å². The summed E-state index contributed by atoms with van der Waals surface area (Å²) in [5, 5.41) is 1.35. The molecule has 3 heteroatoms. The lowest BCUT2D eigenvalue weighted by molar-refractivity contribution is 0.117. The van der Waals surface area contributed by atoms with Crippen LogP contribution < -0.4 is 5.73 Å². The molecule has 2 aromatic rings. The zero-order valence-corrected chi connectivity index (χ0v) is 13.3. The van der Waals surface area contributed by atoms with Crippen LogP contribution in [0.25, 0.3) is 10.9 Å². The van der Waals surface area contributed by atoms with E-state index in [0.717, 1.165) is 45.6 Å². The van der Waals surface area contributed by atoms with Gasteiger partial charge in [-0.05, 0) is 43.4 Å². The molecule has 3 nitrogen and oxygen atoms in total. The van der Waals surface area contributed by atoms with Crippen LogP contribution in [0.3, 0.4) is 0 Å². The molecule has 0 saturated heterocycles. The quantitative estimate of drug-likeness (QED) is 0.716. The Hall–Kier alpha value is -1.32. The van der Waals surface area contributed by atoms with Gasteiger partial charge in [0.15, 0.2) is 0 Å². The number of rotatable bonds is 9. The second kappa shape index (κ2) is 8.20. The van der Waals surface area contributed by atoms with Gasteiger partial charge in [-0.3, -0.25) is 0 Å². The number of nitrogens with zero attached hydrogens (tertiary/aromatic N) is 1. The van der Waals surface area contributed by atoms with Crippen molar-refractivity contribution in [2.45, 2.75) is 39.7 Å². The topological polar surface area (TPSA) is 40.2 Å². The summed E-state index contributed by atoms with van der Waals surface area (Å²) in [6, 6.07) is 8.61. The monoisotopic (exact) mass is 288 g/mol. The number of aryl methyl sites for hydroxylation is 1. The Labute approximate surface area is 128 Å². The van der Waals surface area contributed by atoms with Crippen LogP contribution in [0.5, 0.6) is 0 Å². The van der Waals surface area contributed by atoms with Crippen LogP contribution >= 0.6 is 0 Å². The number of hydrogen-bond acceptors (Lipinski definition) is 2. The lowest BCUT2D eigenvalue weighted by Crippen LogP contribution is -2.07. The summed E-state index contributed by atoms with van der Waals surface area (Å²) in [5.41, 5.74) is 8.34. The zero-order chi connectivity index (χ0) is 15.1. The number of fused-ring (bicyclic) bond motifs is 1. The van der Waals surface area contributed by atoms with Crippen molar-refractivity contribution in [3.8, 4) is 0 Å². The minimum Gasteiger partial charge on any atom is -0.380 e. The first-order valence-electron chi connectivity index (χ1n) is 8.07. The first-order valence-corrected chi connectivity index (χ1v) is 8.07. The molecule has 1 heterocycles. The average Bonchev–Trinajstić information content (AvgIpc) is 2.83. The highest BCUT2D eigenvalue weighted by atomic mass is 16.5. The van der Waals surface area contributed by atoms with Gasteiger partial charge in [-0.15, -0.1) is 0 Å². The molecule has 0 atom stereocenters. The van der Waals surface area contributed by atoms with Gasteiger partial charge < -0.3 is 15.0 Å². The Balaban J connectivity index is 1.98. The Morgan fingerprint density at radius 2 is 2.00 bits per heavy atom. The molecule has 0 bridgehead atoms. The molecule has 0 spiro atoms. The average molecular weight is 288 g/mol. The summed E-state index contributed by atoms with van der Waals surface area (Å²) < 4.78 is 8.06. The first kappa shape index (κ1) is 16.1. The van der Waals surface area contributed by atoms with Crippen LogP contribution in [0, 0.1) is 5.92 Å². The molecule has 1 aromatic heterocycles. The predicted molar refractivity (Wildman–Crippen MR) is 89.6 cm³/mol.